The summed E-state index contributed by atoms with van der Waals surface area (Å²) in [6.07, 6.45) is 3.37. The summed E-state index contributed by atoms with van der Waals surface area (Å²) in [6, 6.07) is 0. The van der Waals surface area contributed by atoms with Gasteiger partial charge >= 0.3 is 0 Å². The molecule has 1 unspecified atom stereocenters. The van der Waals surface area contributed by atoms with Gasteiger partial charge in [0.1, 0.15) is 11.8 Å². The summed E-state index contributed by atoms with van der Waals surface area (Å²) in [5, 5.41) is 4.29. The molecule has 0 bridgehead atoms. The second-order valence-electron chi connectivity index (χ2n) is 5.67. The van der Waals surface area contributed by atoms with Gasteiger partial charge in [0.25, 0.3) is 0 Å². The lowest BCUT2D eigenvalue weighted by atomic mass is 10.1. The molecule has 0 amide bonds. The fraction of sp³-hybridized carbons (Fsp3) is 0.733. The van der Waals surface area contributed by atoms with E-state index in [1.54, 1.807) is 18.0 Å². The molecule has 6 heteroatoms. The number of nitrogens with zero attached hydrogens (tertiary/aromatic N) is 3. The van der Waals surface area contributed by atoms with Gasteiger partial charge in [0, 0.05) is 13.2 Å². The van der Waals surface area contributed by atoms with Crippen molar-refractivity contribution in [2.75, 3.05) is 34.4 Å². The first-order valence-corrected chi connectivity index (χ1v) is 7.48. The van der Waals surface area contributed by atoms with E-state index in [9.17, 15) is 4.79 Å². The Balaban J connectivity index is 2.22. The maximum Gasteiger partial charge on any atom is 0.213 e. The van der Waals surface area contributed by atoms with Gasteiger partial charge in [0.2, 0.25) is 5.78 Å². The van der Waals surface area contributed by atoms with Crippen LogP contribution in [0.25, 0.3) is 0 Å². The highest BCUT2D eigenvalue weighted by molar-refractivity contribution is 6.00. The molecule has 2 rings (SSSR count). The van der Waals surface area contributed by atoms with Crippen LogP contribution in [0.4, 0.5) is 0 Å². The molecule has 1 aromatic rings. The highest BCUT2D eigenvalue weighted by atomic mass is 16.5. The number of Topliss-reactive ketones (excluding diaryl/α,β-unsaturated/α-hetero) is 1. The van der Waals surface area contributed by atoms with Crippen LogP contribution < -0.4 is 4.74 Å². The quantitative estimate of drug-likeness (QED) is 0.645. The maximum atomic E-state index is 12.8. The molecule has 1 saturated carbocycles. The van der Waals surface area contributed by atoms with Crippen molar-refractivity contribution in [2.45, 2.75) is 32.4 Å². The van der Waals surface area contributed by atoms with Crippen molar-refractivity contribution in [3.63, 3.8) is 0 Å². The largest absolute Gasteiger partial charge is 0.493 e. The van der Waals surface area contributed by atoms with Gasteiger partial charge in [-0.3, -0.25) is 9.48 Å². The van der Waals surface area contributed by atoms with E-state index >= 15 is 0 Å². The Morgan fingerprint density at radius 3 is 2.76 bits per heavy atom. The Morgan fingerprint density at radius 2 is 2.24 bits per heavy atom. The van der Waals surface area contributed by atoms with Crippen LogP contribution in [-0.4, -0.2) is 60.9 Å². The lowest BCUT2D eigenvalue weighted by molar-refractivity contribution is 0.0362. The summed E-state index contributed by atoms with van der Waals surface area (Å²) in [5.41, 5.74) is 0.532. The van der Waals surface area contributed by atoms with Gasteiger partial charge in [-0.25, -0.2) is 0 Å². The van der Waals surface area contributed by atoms with E-state index < -0.39 is 0 Å². The van der Waals surface area contributed by atoms with Crippen molar-refractivity contribution < 1.29 is 14.3 Å². The summed E-state index contributed by atoms with van der Waals surface area (Å²) in [7, 11) is 5.56. The van der Waals surface area contributed by atoms with Crippen molar-refractivity contribution >= 4 is 5.78 Å². The van der Waals surface area contributed by atoms with E-state index in [-0.39, 0.29) is 11.9 Å². The zero-order chi connectivity index (χ0) is 15.4. The van der Waals surface area contributed by atoms with E-state index in [1.165, 1.54) is 0 Å². The number of aromatic nitrogens is 2. The van der Waals surface area contributed by atoms with Crippen LogP contribution in [0, 0.1) is 5.92 Å². The molecule has 0 saturated heterocycles. The molecule has 6 nitrogen and oxygen atoms in total. The number of likely N-dealkylation sites (N-methyl/N-ethyl adjacent to an activating group) is 1. The zero-order valence-electron chi connectivity index (χ0n) is 13.3. The number of ketones is 1. The first-order chi connectivity index (χ1) is 10.1. The van der Waals surface area contributed by atoms with Gasteiger partial charge in [0.05, 0.1) is 19.9 Å². The lowest BCUT2D eigenvalue weighted by Crippen LogP contribution is -2.30. The summed E-state index contributed by atoms with van der Waals surface area (Å²) in [6.45, 7) is 3.93. The Hall–Kier alpha value is -1.40. The van der Waals surface area contributed by atoms with Crippen LogP contribution in [-0.2, 0) is 11.3 Å². The summed E-state index contributed by atoms with van der Waals surface area (Å²) < 4.78 is 12.7. The van der Waals surface area contributed by atoms with Crippen molar-refractivity contribution in [3.05, 3.63) is 11.9 Å². The number of carbonyl (C=O) groups is 1. The number of carbonyl (C=O) groups excluding carboxylic acids is 1. The Labute approximate surface area is 126 Å². The van der Waals surface area contributed by atoms with E-state index in [1.807, 2.05) is 21.0 Å². The van der Waals surface area contributed by atoms with Gasteiger partial charge in [-0.1, -0.05) is 0 Å². The predicted octanol–water partition coefficient (Wildman–Crippen LogP) is 1.45. The molecule has 1 aliphatic carbocycles. The summed E-state index contributed by atoms with van der Waals surface area (Å²) in [4.78, 5) is 14.9. The molecule has 0 spiro atoms. The molecule has 1 aliphatic rings. The van der Waals surface area contributed by atoms with Crippen molar-refractivity contribution in [1.29, 1.82) is 0 Å². The molecule has 0 aromatic carbocycles. The standard InChI is InChI=1S/C15H25N3O3/c1-5-21-15(11-6-7-11)14(19)13-12(20-4)10-16-18(13)9-8-17(2)3/h10-11,15H,5-9H2,1-4H3. The molecule has 118 valence electrons. The minimum absolute atomic E-state index is 0.00699. The smallest absolute Gasteiger partial charge is 0.213 e. The first kappa shape index (κ1) is 16.0. The number of ether oxygens (including phenoxy) is 2. The first-order valence-electron chi connectivity index (χ1n) is 7.48. The van der Waals surface area contributed by atoms with Crippen molar-refractivity contribution in [1.82, 2.24) is 14.7 Å². The maximum absolute atomic E-state index is 12.8. The van der Waals surface area contributed by atoms with E-state index in [0.29, 0.717) is 30.5 Å². The average molecular weight is 295 g/mol. The van der Waals surface area contributed by atoms with Crippen LogP contribution in [0.3, 0.4) is 0 Å². The number of methoxy groups -OCH3 is 1. The van der Waals surface area contributed by atoms with Crippen molar-refractivity contribution in [3.8, 4) is 5.75 Å². The molecule has 0 N–H and O–H groups in total. The third-order valence-electron chi connectivity index (χ3n) is 3.67. The second-order valence-corrected chi connectivity index (χ2v) is 5.67. The molecule has 1 heterocycles. The predicted molar refractivity (Wildman–Crippen MR) is 79.8 cm³/mol. The fourth-order valence-electron chi connectivity index (χ4n) is 2.37. The molecular formula is C15H25N3O3. The molecule has 21 heavy (non-hydrogen) atoms. The van der Waals surface area contributed by atoms with E-state index in [2.05, 4.69) is 10.00 Å². The third-order valence-corrected chi connectivity index (χ3v) is 3.67. The molecule has 0 aliphatic heterocycles. The summed E-state index contributed by atoms with van der Waals surface area (Å²) in [5.74, 6) is 0.871. The molecule has 1 fully saturated rings. The van der Waals surface area contributed by atoms with Gasteiger partial charge in [-0.05, 0) is 39.8 Å². The van der Waals surface area contributed by atoms with Crippen molar-refractivity contribution in [2.24, 2.45) is 5.92 Å². The van der Waals surface area contributed by atoms with Gasteiger partial charge in [-0.2, -0.15) is 5.10 Å². The number of rotatable bonds is 9. The average Bonchev–Trinajstić information content (AvgIpc) is 3.21. The fourth-order valence-corrected chi connectivity index (χ4v) is 2.37. The molecule has 1 atom stereocenters. The Morgan fingerprint density at radius 1 is 1.52 bits per heavy atom. The highest BCUT2D eigenvalue weighted by Crippen LogP contribution is 2.37. The topological polar surface area (TPSA) is 56.6 Å². The van der Waals surface area contributed by atoms with Gasteiger partial charge < -0.3 is 14.4 Å². The Kier molecular flexibility index (Phi) is 5.36. The van der Waals surface area contributed by atoms with Crippen LogP contribution >= 0.6 is 0 Å². The van der Waals surface area contributed by atoms with Gasteiger partial charge in [0.15, 0.2) is 5.75 Å². The van der Waals surface area contributed by atoms with E-state index in [0.717, 1.165) is 19.4 Å². The SMILES string of the molecule is CCOC(C(=O)c1c(OC)cnn1CCN(C)C)C1CC1. The monoisotopic (exact) mass is 295 g/mol. The normalized spacial score (nSPS) is 16.2. The number of hydrogen-bond acceptors (Lipinski definition) is 5. The lowest BCUT2D eigenvalue weighted by Gasteiger charge is -2.17. The van der Waals surface area contributed by atoms with Crippen LogP contribution in [0.5, 0.6) is 5.75 Å². The van der Waals surface area contributed by atoms with Crippen LogP contribution in [0.15, 0.2) is 6.20 Å². The minimum atomic E-state index is -0.362. The summed E-state index contributed by atoms with van der Waals surface area (Å²) >= 11 is 0. The van der Waals surface area contributed by atoms with Crippen LogP contribution in [0.2, 0.25) is 0 Å². The molecule has 1 aromatic heterocycles. The third kappa shape index (κ3) is 3.83. The Bertz CT molecular complexity index is 481. The van der Waals surface area contributed by atoms with Crippen LogP contribution in [0.1, 0.15) is 30.3 Å². The molecule has 0 radical (unpaired) electrons. The minimum Gasteiger partial charge on any atom is -0.493 e. The highest BCUT2D eigenvalue weighted by Gasteiger charge is 2.39. The molecular weight excluding hydrogens is 270 g/mol. The van der Waals surface area contributed by atoms with Gasteiger partial charge in [-0.15, -0.1) is 0 Å². The second kappa shape index (κ2) is 7.04. The number of hydrogen-bond donors (Lipinski definition) is 0. The zero-order valence-corrected chi connectivity index (χ0v) is 13.3. The van der Waals surface area contributed by atoms with E-state index in [4.69, 9.17) is 9.47 Å².